The topological polar surface area (TPSA) is 20.2 Å². The monoisotopic (exact) mass is 312 g/mol. The van der Waals surface area contributed by atoms with Gasteiger partial charge in [-0.05, 0) is 61.1 Å². The van der Waals surface area contributed by atoms with Crippen molar-refractivity contribution in [3.63, 3.8) is 0 Å². The maximum Gasteiger partial charge on any atom is 0.141 e. The summed E-state index contributed by atoms with van der Waals surface area (Å²) >= 11 is 5.86. The molecular formula is C18H26ClFO. The predicted molar refractivity (Wildman–Crippen MR) is 86.1 cm³/mol. The Bertz CT molecular complexity index is 453. The first kappa shape index (κ1) is 16.8. The Balaban J connectivity index is 1.98. The number of halogens is 2. The molecule has 118 valence electrons. The lowest BCUT2D eigenvalue weighted by atomic mass is 9.67. The molecule has 1 aliphatic carbocycles. The van der Waals surface area contributed by atoms with Gasteiger partial charge in [-0.1, -0.05) is 43.9 Å². The Morgan fingerprint density at radius 3 is 2.62 bits per heavy atom. The molecule has 0 radical (unpaired) electrons. The molecule has 0 bridgehead atoms. The fourth-order valence-corrected chi connectivity index (χ4v) is 3.75. The summed E-state index contributed by atoms with van der Waals surface area (Å²) in [6.45, 7) is 2.45. The molecule has 1 aliphatic rings. The summed E-state index contributed by atoms with van der Waals surface area (Å²) in [4.78, 5) is 0. The van der Waals surface area contributed by atoms with E-state index in [2.05, 4.69) is 6.92 Å². The van der Waals surface area contributed by atoms with Crippen LogP contribution in [0.15, 0.2) is 18.2 Å². The first-order chi connectivity index (χ1) is 10.1. The highest BCUT2D eigenvalue weighted by molar-refractivity contribution is 6.30. The first-order valence-electron chi connectivity index (χ1n) is 8.13. The Kier molecular flexibility index (Phi) is 6.07. The van der Waals surface area contributed by atoms with Gasteiger partial charge in [0.2, 0.25) is 0 Å². The van der Waals surface area contributed by atoms with Crippen LogP contribution in [0.1, 0.15) is 57.4 Å². The number of hydrogen-bond donors (Lipinski definition) is 1. The third-order valence-electron chi connectivity index (χ3n) is 5.03. The second-order valence-electron chi connectivity index (χ2n) is 6.67. The van der Waals surface area contributed by atoms with Crippen molar-refractivity contribution in [3.8, 4) is 0 Å². The summed E-state index contributed by atoms with van der Waals surface area (Å²) in [5.74, 6) is 0.447. The van der Waals surface area contributed by atoms with Crippen molar-refractivity contribution in [2.24, 2.45) is 11.3 Å². The van der Waals surface area contributed by atoms with Gasteiger partial charge in [0.05, 0.1) is 5.02 Å². The van der Waals surface area contributed by atoms with E-state index in [0.717, 1.165) is 30.7 Å². The molecule has 0 unspecified atom stereocenters. The average molecular weight is 313 g/mol. The molecule has 0 spiro atoms. The van der Waals surface area contributed by atoms with Gasteiger partial charge >= 0.3 is 0 Å². The van der Waals surface area contributed by atoms with Crippen molar-refractivity contribution in [1.82, 2.24) is 0 Å². The van der Waals surface area contributed by atoms with Crippen LogP contribution in [0.2, 0.25) is 5.02 Å². The van der Waals surface area contributed by atoms with E-state index in [1.165, 1.54) is 38.2 Å². The van der Waals surface area contributed by atoms with E-state index in [4.69, 9.17) is 11.6 Å². The minimum absolute atomic E-state index is 0.0378. The van der Waals surface area contributed by atoms with Crippen LogP contribution in [0.25, 0.3) is 0 Å². The van der Waals surface area contributed by atoms with Crippen LogP contribution in [0.3, 0.4) is 0 Å². The highest BCUT2D eigenvalue weighted by Gasteiger charge is 2.34. The van der Waals surface area contributed by atoms with Crippen molar-refractivity contribution in [2.75, 3.05) is 6.61 Å². The van der Waals surface area contributed by atoms with E-state index in [9.17, 15) is 9.50 Å². The number of hydrogen-bond acceptors (Lipinski definition) is 1. The molecule has 1 N–H and O–H groups in total. The summed E-state index contributed by atoms with van der Waals surface area (Å²) in [5.41, 5.74) is 0.992. The number of benzene rings is 1. The van der Waals surface area contributed by atoms with E-state index in [1.54, 1.807) is 12.1 Å². The van der Waals surface area contributed by atoms with Crippen molar-refractivity contribution < 1.29 is 9.50 Å². The lowest BCUT2D eigenvalue weighted by Gasteiger charge is -2.39. The van der Waals surface area contributed by atoms with Crippen LogP contribution < -0.4 is 0 Å². The molecule has 1 aromatic rings. The van der Waals surface area contributed by atoms with Gasteiger partial charge in [-0.25, -0.2) is 4.39 Å². The second kappa shape index (κ2) is 7.60. The minimum atomic E-state index is -0.373. The summed E-state index contributed by atoms with van der Waals surface area (Å²) in [7, 11) is 0. The molecule has 1 fully saturated rings. The first-order valence-corrected chi connectivity index (χ1v) is 8.51. The molecule has 2 rings (SSSR count). The lowest BCUT2D eigenvalue weighted by Crippen LogP contribution is -2.33. The zero-order chi connectivity index (χ0) is 15.3. The van der Waals surface area contributed by atoms with Crippen LogP contribution in [0.4, 0.5) is 4.39 Å². The summed E-state index contributed by atoms with van der Waals surface area (Å²) in [6, 6.07) is 4.93. The Morgan fingerprint density at radius 1 is 1.33 bits per heavy atom. The average Bonchev–Trinajstić information content (AvgIpc) is 2.50. The summed E-state index contributed by atoms with van der Waals surface area (Å²) in [6.07, 6.45) is 9.22. The van der Waals surface area contributed by atoms with Gasteiger partial charge in [0.15, 0.2) is 0 Å². The maximum absolute atomic E-state index is 13.2. The third kappa shape index (κ3) is 4.43. The van der Waals surface area contributed by atoms with E-state index in [1.807, 2.05) is 0 Å². The van der Waals surface area contributed by atoms with Crippen LogP contribution in [-0.4, -0.2) is 11.7 Å². The molecule has 0 aliphatic heterocycles. The lowest BCUT2D eigenvalue weighted by molar-refractivity contribution is 0.0620. The normalized spacial score (nSPS) is 26.0. The fraction of sp³-hybridized carbons (Fsp3) is 0.667. The van der Waals surface area contributed by atoms with E-state index in [-0.39, 0.29) is 22.9 Å². The second-order valence-corrected chi connectivity index (χ2v) is 7.08. The smallest absolute Gasteiger partial charge is 0.141 e. The SMILES string of the molecule is CCCCC1CCC(CO)(Cc2ccc(F)c(Cl)c2)CC1. The van der Waals surface area contributed by atoms with Gasteiger partial charge in [0.25, 0.3) is 0 Å². The minimum Gasteiger partial charge on any atom is -0.396 e. The number of rotatable bonds is 6. The molecule has 0 atom stereocenters. The highest BCUT2D eigenvalue weighted by Crippen LogP contribution is 2.42. The maximum atomic E-state index is 13.2. The van der Waals surface area contributed by atoms with Crippen LogP contribution in [0.5, 0.6) is 0 Å². The zero-order valence-electron chi connectivity index (χ0n) is 12.9. The van der Waals surface area contributed by atoms with Crippen molar-refractivity contribution >= 4 is 11.6 Å². The van der Waals surface area contributed by atoms with Crippen LogP contribution in [0, 0.1) is 17.2 Å². The number of aliphatic hydroxyl groups is 1. The standard InChI is InChI=1S/C18H26ClFO/c1-2-3-4-14-7-9-18(13-21,10-8-14)12-15-5-6-17(20)16(19)11-15/h5-6,11,14,21H,2-4,7-10,12-13H2,1H3. The molecule has 1 nitrogen and oxygen atoms in total. The van der Waals surface area contributed by atoms with Gasteiger partial charge in [-0.15, -0.1) is 0 Å². The van der Waals surface area contributed by atoms with Crippen LogP contribution in [-0.2, 0) is 6.42 Å². The molecule has 0 heterocycles. The number of aliphatic hydroxyl groups excluding tert-OH is 1. The predicted octanol–water partition coefficient (Wildman–Crippen LogP) is 5.38. The molecule has 3 heteroatoms. The van der Waals surface area contributed by atoms with E-state index >= 15 is 0 Å². The molecule has 1 saturated carbocycles. The van der Waals surface area contributed by atoms with Crippen molar-refractivity contribution in [3.05, 3.63) is 34.6 Å². The molecule has 0 amide bonds. The summed E-state index contributed by atoms with van der Waals surface area (Å²) < 4.78 is 13.2. The molecule has 0 aromatic heterocycles. The van der Waals surface area contributed by atoms with Gasteiger partial charge in [-0.2, -0.15) is 0 Å². The summed E-state index contributed by atoms with van der Waals surface area (Å²) in [5, 5.41) is 10.1. The van der Waals surface area contributed by atoms with Gasteiger partial charge in [0, 0.05) is 6.61 Å². The van der Waals surface area contributed by atoms with E-state index < -0.39 is 0 Å². The van der Waals surface area contributed by atoms with E-state index in [0.29, 0.717) is 0 Å². The molecule has 0 saturated heterocycles. The number of unbranched alkanes of at least 4 members (excludes halogenated alkanes) is 1. The Morgan fingerprint density at radius 2 is 2.05 bits per heavy atom. The van der Waals surface area contributed by atoms with Gasteiger partial charge < -0.3 is 5.11 Å². The zero-order valence-corrected chi connectivity index (χ0v) is 13.6. The third-order valence-corrected chi connectivity index (χ3v) is 5.32. The van der Waals surface area contributed by atoms with Gasteiger partial charge in [0.1, 0.15) is 5.82 Å². The Hall–Kier alpha value is -0.600. The largest absolute Gasteiger partial charge is 0.396 e. The highest BCUT2D eigenvalue weighted by atomic mass is 35.5. The molecular weight excluding hydrogens is 287 g/mol. The van der Waals surface area contributed by atoms with Gasteiger partial charge in [-0.3, -0.25) is 0 Å². The quantitative estimate of drug-likeness (QED) is 0.747. The van der Waals surface area contributed by atoms with Crippen molar-refractivity contribution in [1.29, 1.82) is 0 Å². The van der Waals surface area contributed by atoms with Crippen molar-refractivity contribution in [2.45, 2.75) is 58.3 Å². The Labute approximate surface area is 132 Å². The molecule has 21 heavy (non-hydrogen) atoms. The molecule has 1 aromatic carbocycles. The van der Waals surface area contributed by atoms with Crippen LogP contribution >= 0.6 is 11.6 Å². The fourth-order valence-electron chi connectivity index (χ4n) is 3.54.